The molecule has 0 saturated carbocycles. The Hall–Kier alpha value is -2.69. The molecule has 22 heavy (non-hydrogen) atoms. The molecule has 0 atom stereocenters. The van der Waals surface area contributed by atoms with Gasteiger partial charge in [-0.25, -0.2) is 0 Å². The minimum Gasteiger partial charge on any atom is -0.497 e. The second-order valence-corrected chi connectivity index (χ2v) is 4.48. The van der Waals surface area contributed by atoms with Crippen molar-refractivity contribution in [1.82, 2.24) is 0 Å². The molecule has 0 aliphatic heterocycles. The molecule has 0 saturated heterocycles. The molecular formula is C17H19NO4. The van der Waals surface area contributed by atoms with E-state index in [0.717, 1.165) is 5.75 Å². The minimum absolute atomic E-state index is 0.216. The number of hydrogen-bond donors (Lipinski definition) is 1. The van der Waals surface area contributed by atoms with Gasteiger partial charge in [-0.15, -0.1) is 0 Å². The Morgan fingerprint density at radius 3 is 2.27 bits per heavy atom. The molecule has 2 aromatic carbocycles. The summed E-state index contributed by atoms with van der Waals surface area (Å²) in [6.45, 7) is 2.51. The number of rotatable bonds is 6. The molecule has 0 aromatic heterocycles. The number of anilines is 1. The van der Waals surface area contributed by atoms with Crippen LogP contribution in [0.25, 0.3) is 0 Å². The lowest BCUT2D eigenvalue weighted by molar-refractivity contribution is 0.102. The highest BCUT2D eigenvalue weighted by molar-refractivity contribution is 6.05. The second kappa shape index (κ2) is 7.36. The van der Waals surface area contributed by atoms with E-state index in [0.29, 0.717) is 29.4 Å². The molecule has 0 aliphatic carbocycles. The lowest BCUT2D eigenvalue weighted by atomic mass is 10.2. The van der Waals surface area contributed by atoms with Crippen LogP contribution in [0.3, 0.4) is 0 Å². The molecule has 0 spiro atoms. The fraction of sp³-hybridized carbons (Fsp3) is 0.235. The number of nitrogens with one attached hydrogen (secondary N) is 1. The van der Waals surface area contributed by atoms with Crippen molar-refractivity contribution < 1.29 is 19.0 Å². The van der Waals surface area contributed by atoms with E-state index in [-0.39, 0.29) is 5.91 Å². The number of ether oxygens (including phenoxy) is 3. The normalized spacial score (nSPS) is 9.95. The summed E-state index contributed by atoms with van der Waals surface area (Å²) in [7, 11) is 3.12. The third-order valence-electron chi connectivity index (χ3n) is 3.08. The van der Waals surface area contributed by atoms with Crippen molar-refractivity contribution in [2.45, 2.75) is 6.92 Å². The Kier molecular flexibility index (Phi) is 5.25. The summed E-state index contributed by atoms with van der Waals surface area (Å²) in [5.41, 5.74) is 1.13. The Bertz CT molecular complexity index is 638. The van der Waals surface area contributed by atoms with E-state index in [9.17, 15) is 4.79 Å². The first kappa shape index (κ1) is 15.7. The summed E-state index contributed by atoms with van der Waals surface area (Å²) in [5.74, 6) is 1.72. The van der Waals surface area contributed by atoms with Crippen molar-refractivity contribution in [3.8, 4) is 17.2 Å². The minimum atomic E-state index is -0.216. The van der Waals surface area contributed by atoms with E-state index in [2.05, 4.69) is 5.32 Å². The maximum Gasteiger partial charge on any atom is 0.255 e. The van der Waals surface area contributed by atoms with Gasteiger partial charge in [0.2, 0.25) is 0 Å². The van der Waals surface area contributed by atoms with Gasteiger partial charge in [-0.2, -0.15) is 0 Å². The lowest BCUT2D eigenvalue weighted by Gasteiger charge is -2.12. The molecule has 1 N–H and O–H groups in total. The smallest absolute Gasteiger partial charge is 0.255 e. The maximum absolute atomic E-state index is 12.3. The topological polar surface area (TPSA) is 56.8 Å². The molecule has 0 radical (unpaired) electrons. The van der Waals surface area contributed by atoms with Gasteiger partial charge in [-0.05, 0) is 43.3 Å². The molecule has 116 valence electrons. The van der Waals surface area contributed by atoms with Crippen LogP contribution < -0.4 is 19.5 Å². The maximum atomic E-state index is 12.3. The largest absolute Gasteiger partial charge is 0.497 e. The lowest BCUT2D eigenvalue weighted by Crippen LogP contribution is -2.12. The summed E-state index contributed by atoms with van der Waals surface area (Å²) in [5, 5.41) is 2.82. The highest BCUT2D eigenvalue weighted by Crippen LogP contribution is 2.29. The summed E-state index contributed by atoms with van der Waals surface area (Å²) in [4.78, 5) is 12.3. The number of carbonyl (C=O) groups is 1. The number of amides is 1. The van der Waals surface area contributed by atoms with Gasteiger partial charge in [0.25, 0.3) is 5.91 Å². The molecule has 1 amide bonds. The van der Waals surface area contributed by atoms with Gasteiger partial charge in [0.1, 0.15) is 17.2 Å². The van der Waals surface area contributed by atoms with E-state index in [1.54, 1.807) is 56.7 Å². The van der Waals surface area contributed by atoms with Crippen LogP contribution in [-0.4, -0.2) is 26.7 Å². The van der Waals surface area contributed by atoms with Crippen molar-refractivity contribution >= 4 is 11.6 Å². The van der Waals surface area contributed by atoms with Gasteiger partial charge in [0, 0.05) is 11.6 Å². The van der Waals surface area contributed by atoms with Gasteiger partial charge >= 0.3 is 0 Å². The Morgan fingerprint density at radius 1 is 1.00 bits per heavy atom. The molecule has 0 unspecified atom stereocenters. The van der Waals surface area contributed by atoms with Crippen molar-refractivity contribution in [2.75, 3.05) is 26.1 Å². The highest BCUT2D eigenvalue weighted by atomic mass is 16.5. The standard InChI is InChI=1S/C17H19NO4/c1-4-22-13-7-5-12(6-8-13)17(19)18-15-10-9-14(20-2)11-16(15)21-3/h5-11H,4H2,1-3H3,(H,18,19). The summed E-state index contributed by atoms with van der Waals surface area (Å²) >= 11 is 0. The number of methoxy groups -OCH3 is 2. The Morgan fingerprint density at radius 2 is 1.68 bits per heavy atom. The number of benzene rings is 2. The Balaban J connectivity index is 2.14. The van der Waals surface area contributed by atoms with Gasteiger partial charge in [-0.1, -0.05) is 0 Å². The highest BCUT2D eigenvalue weighted by Gasteiger charge is 2.11. The fourth-order valence-corrected chi connectivity index (χ4v) is 1.97. The van der Waals surface area contributed by atoms with Crippen molar-refractivity contribution in [3.63, 3.8) is 0 Å². The Labute approximate surface area is 129 Å². The molecule has 0 aliphatic rings. The molecule has 0 bridgehead atoms. The zero-order valence-corrected chi connectivity index (χ0v) is 12.9. The van der Waals surface area contributed by atoms with Crippen LogP contribution in [-0.2, 0) is 0 Å². The average Bonchev–Trinajstić information content (AvgIpc) is 2.56. The van der Waals surface area contributed by atoms with Gasteiger partial charge in [0.05, 0.1) is 26.5 Å². The SMILES string of the molecule is CCOc1ccc(C(=O)Nc2ccc(OC)cc2OC)cc1. The van der Waals surface area contributed by atoms with Crippen molar-refractivity contribution in [1.29, 1.82) is 0 Å². The van der Waals surface area contributed by atoms with E-state index < -0.39 is 0 Å². The van der Waals surface area contributed by atoms with Crippen LogP contribution in [0.4, 0.5) is 5.69 Å². The first-order chi connectivity index (χ1) is 10.7. The number of hydrogen-bond acceptors (Lipinski definition) is 4. The summed E-state index contributed by atoms with van der Waals surface area (Å²) in [6.07, 6.45) is 0. The third kappa shape index (κ3) is 3.69. The zero-order valence-electron chi connectivity index (χ0n) is 12.9. The fourth-order valence-electron chi connectivity index (χ4n) is 1.97. The first-order valence-corrected chi connectivity index (χ1v) is 6.94. The van der Waals surface area contributed by atoms with E-state index in [1.165, 1.54) is 0 Å². The molecular weight excluding hydrogens is 282 g/mol. The quantitative estimate of drug-likeness (QED) is 0.889. The zero-order chi connectivity index (χ0) is 15.9. The van der Waals surface area contributed by atoms with Gasteiger partial charge in [-0.3, -0.25) is 4.79 Å². The van der Waals surface area contributed by atoms with Crippen LogP contribution >= 0.6 is 0 Å². The van der Waals surface area contributed by atoms with E-state index >= 15 is 0 Å². The van der Waals surface area contributed by atoms with E-state index in [1.807, 2.05) is 6.92 Å². The molecule has 2 rings (SSSR count). The van der Waals surface area contributed by atoms with Gasteiger partial charge in [0.15, 0.2) is 0 Å². The molecule has 0 heterocycles. The summed E-state index contributed by atoms with van der Waals surface area (Å²) in [6, 6.07) is 12.2. The van der Waals surface area contributed by atoms with Crippen molar-refractivity contribution in [2.24, 2.45) is 0 Å². The third-order valence-corrected chi connectivity index (χ3v) is 3.08. The number of carbonyl (C=O) groups excluding carboxylic acids is 1. The van der Waals surface area contributed by atoms with Gasteiger partial charge < -0.3 is 19.5 Å². The predicted octanol–water partition coefficient (Wildman–Crippen LogP) is 3.35. The van der Waals surface area contributed by atoms with Crippen LogP contribution in [0.1, 0.15) is 17.3 Å². The average molecular weight is 301 g/mol. The van der Waals surface area contributed by atoms with Crippen LogP contribution in [0.2, 0.25) is 0 Å². The monoisotopic (exact) mass is 301 g/mol. The molecule has 0 fully saturated rings. The van der Waals surface area contributed by atoms with E-state index in [4.69, 9.17) is 14.2 Å². The molecule has 5 heteroatoms. The molecule has 2 aromatic rings. The van der Waals surface area contributed by atoms with Crippen LogP contribution in [0.15, 0.2) is 42.5 Å². The summed E-state index contributed by atoms with van der Waals surface area (Å²) < 4.78 is 15.7. The first-order valence-electron chi connectivity index (χ1n) is 6.94. The second-order valence-electron chi connectivity index (χ2n) is 4.48. The van der Waals surface area contributed by atoms with Crippen LogP contribution in [0, 0.1) is 0 Å². The predicted molar refractivity (Wildman–Crippen MR) is 85.1 cm³/mol. The van der Waals surface area contributed by atoms with Crippen molar-refractivity contribution in [3.05, 3.63) is 48.0 Å². The molecule has 5 nitrogen and oxygen atoms in total. The van der Waals surface area contributed by atoms with Crippen LogP contribution in [0.5, 0.6) is 17.2 Å².